The SMILES string of the molecule is CCC1Oc2c(ccc(Cl)c2Cl)C1O. The van der Waals surface area contributed by atoms with Crippen molar-refractivity contribution in [3.8, 4) is 5.75 Å². The van der Waals surface area contributed by atoms with Crippen molar-refractivity contribution in [3.05, 3.63) is 27.7 Å². The molecule has 76 valence electrons. The van der Waals surface area contributed by atoms with E-state index in [0.717, 1.165) is 12.0 Å². The highest BCUT2D eigenvalue weighted by molar-refractivity contribution is 6.43. The number of ether oxygens (including phenoxy) is 1. The van der Waals surface area contributed by atoms with Gasteiger partial charge in [0, 0.05) is 5.56 Å². The van der Waals surface area contributed by atoms with Crippen molar-refractivity contribution in [1.82, 2.24) is 0 Å². The van der Waals surface area contributed by atoms with E-state index in [1.54, 1.807) is 12.1 Å². The third kappa shape index (κ3) is 1.38. The van der Waals surface area contributed by atoms with Crippen LogP contribution in [0.2, 0.25) is 10.0 Å². The maximum Gasteiger partial charge on any atom is 0.145 e. The molecule has 1 aromatic rings. The fraction of sp³-hybridized carbons (Fsp3) is 0.400. The molecule has 1 aromatic carbocycles. The summed E-state index contributed by atoms with van der Waals surface area (Å²) in [4.78, 5) is 0. The van der Waals surface area contributed by atoms with Gasteiger partial charge < -0.3 is 9.84 Å². The second kappa shape index (κ2) is 3.61. The Morgan fingerprint density at radius 3 is 2.79 bits per heavy atom. The van der Waals surface area contributed by atoms with Crippen LogP contribution in [0.3, 0.4) is 0 Å². The summed E-state index contributed by atoms with van der Waals surface area (Å²) >= 11 is 11.8. The van der Waals surface area contributed by atoms with E-state index in [1.807, 2.05) is 6.92 Å². The molecule has 2 unspecified atom stereocenters. The number of halogens is 2. The second-order valence-corrected chi connectivity index (χ2v) is 4.07. The van der Waals surface area contributed by atoms with Gasteiger partial charge in [-0.1, -0.05) is 36.2 Å². The summed E-state index contributed by atoms with van der Waals surface area (Å²) < 4.78 is 5.51. The molecule has 0 aromatic heterocycles. The molecule has 1 heterocycles. The minimum Gasteiger partial charge on any atom is -0.485 e. The van der Waals surface area contributed by atoms with E-state index >= 15 is 0 Å². The van der Waals surface area contributed by atoms with Crippen molar-refractivity contribution in [2.75, 3.05) is 0 Å². The smallest absolute Gasteiger partial charge is 0.145 e. The summed E-state index contributed by atoms with van der Waals surface area (Å²) in [5.74, 6) is 0.526. The van der Waals surface area contributed by atoms with Gasteiger partial charge in [0.05, 0.1) is 5.02 Å². The van der Waals surface area contributed by atoms with Gasteiger partial charge in [0.15, 0.2) is 0 Å². The number of aliphatic hydroxyl groups is 1. The Morgan fingerprint density at radius 1 is 1.43 bits per heavy atom. The predicted molar refractivity (Wildman–Crippen MR) is 56.1 cm³/mol. The monoisotopic (exact) mass is 232 g/mol. The van der Waals surface area contributed by atoms with Crippen LogP contribution in [0.1, 0.15) is 25.0 Å². The lowest BCUT2D eigenvalue weighted by Crippen LogP contribution is -2.16. The van der Waals surface area contributed by atoms with Gasteiger partial charge in [-0.3, -0.25) is 0 Å². The van der Waals surface area contributed by atoms with Crippen molar-refractivity contribution >= 4 is 23.2 Å². The van der Waals surface area contributed by atoms with Gasteiger partial charge in [-0.25, -0.2) is 0 Å². The molecular formula is C10H10Cl2O2. The first-order valence-corrected chi connectivity index (χ1v) is 5.23. The van der Waals surface area contributed by atoms with E-state index in [1.165, 1.54) is 0 Å². The van der Waals surface area contributed by atoms with Crippen LogP contribution in [-0.4, -0.2) is 11.2 Å². The summed E-state index contributed by atoms with van der Waals surface area (Å²) in [5, 5.41) is 10.7. The summed E-state index contributed by atoms with van der Waals surface area (Å²) in [6.07, 6.45) is -0.0604. The molecule has 0 bridgehead atoms. The Labute approximate surface area is 92.4 Å². The molecule has 2 rings (SSSR count). The summed E-state index contributed by atoms with van der Waals surface area (Å²) in [6.45, 7) is 1.95. The Bertz CT molecular complexity index is 365. The molecule has 0 amide bonds. The van der Waals surface area contributed by atoms with E-state index in [2.05, 4.69) is 0 Å². The van der Waals surface area contributed by atoms with E-state index in [4.69, 9.17) is 27.9 Å². The van der Waals surface area contributed by atoms with E-state index in [9.17, 15) is 5.11 Å². The number of rotatable bonds is 1. The third-order valence-corrected chi connectivity index (χ3v) is 3.21. The number of benzene rings is 1. The quantitative estimate of drug-likeness (QED) is 0.806. The number of hydrogen-bond acceptors (Lipinski definition) is 2. The zero-order valence-electron chi connectivity index (χ0n) is 7.63. The Morgan fingerprint density at radius 2 is 2.14 bits per heavy atom. The Kier molecular flexibility index (Phi) is 2.60. The topological polar surface area (TPSA) is 29.5 Å². The number of hydrogen-bond donors (Lipinski definition) is 1. The third-order valence-electron chi connectivity index (χ3n) is 2.42. The summed E-state index contributed by atoms with van der Waals surface area (Å²) in [6, 6.07) is 3.43. The van der Waals surface area contributed by atoms with Crippen LogP contribution in [0.25, 0.3) is 0 Å². The minimum atomic E-state index is -0.593. The lowest BCUT2D eigenvalue weighted by Gasteiger charge is -2.10. The summed E-state index contributed by atoms with van der Waals surface area (Å²) in [7, 11) is 0. The Hall–Kier alpha value is -0.440. The average Bonchev–Trinajstić information content (AvgIpc) is 2.50. The lowest BCUT2D eigenvalue weighted by molar-refractivity contribution is 0.0654. The normalized spacial score (nSPS) is 24.6. The Balaban J connectivity index is 2.48. The van der Waals surface area contributed by atoms with Crippen molar-refractivity contribution in [2.24, 2.45) is 0 Å². The van der Waals surface area contributed by atoms with Crippen LogP contribution in [0, 0.1) is 0 Å². The largest absolute Gasteiger partial charge is 0.485 e. The zero-order valence-corrected chi connectivity index (χ0v) is 9.14. The second-order valence-electron chi connectivity index (χ2n) is 3.29. The molecule has 0 saturated carbocycles. The predicted octanol–water partition coefficient (Wildman–Crippen LogP) is 3.20. The fourth-order valence-electron chi connectivity index (χ4n) is 1.62. The molecule has 1 aliphatic heterocycles. The van der Waals surface area contributed by atoms with Gasteiger partial charge in [0.25, 0.3) is 0 Å². The standard InChI is InChI=1S/C10H10Cl2O2/c1-2-7-9(13)5-3-4-6(11)8(12)10(5)14-7/h3-4,7,9,13H,2H2,1H3. The average molecular weight is 233 g/mol. The molecule has 0 aliphatic carbocycles. The highest BCUT2D eigenvalue weighted by Gasteiger charge is 2.33. The number of aliphatic hydroxyl groups excluding tert-OH is 1. The highest BCUT2D eigenvalue weighted by atomic mass is 35.5. The lowest BCUT2D eigenvalue weighted by atomic mass is 10.1. The van der Waals surface area contributed by atoms with Gasteiger partial charge in [-0.15, -0.1) is 0 Å². The summed E-state index contributed by atoms with van der Waals surface area (Å²) in [5.41, 5.74) is 0.728. The maximum absolute atomic E-state index is 9.83. The molecule has 2 nitrogen and oxygen atoms in total. The molecule has 14 heavy (non-hydrogen) atoms. The first kappa shape index (κ1) is 10.1. The van der Waals surface area contributed by atoms with Crippen LogP contribution in [0.15, 0.2) is 12.1 Å². The molecular weight excluding hydrogens is 223 g/mol. The van der Waals surface area contributed by atoms with Gasteiger partial charge in [0.2, 0.25) is 0 Å². The van der Waals surface area contributed by atoms with E-state index in [-0.39, 0.29) is 6.10 Å². The van der Waals surface area contributed by atoms with Gasteiger partial charge in [0.1, 0.15) is 23.0 Å². The van der Waals surface area contributed by atoms with Crippen LogP contribution in [0.5, 0.6) is 5.75 Å². The van der Waals surface area contributed by atoms with Crippen LogP contribution < -0.4 is 4.74 Å². The zero-order chi connectivity index (χ0) is 10.3. The molecule has 0 fully saturated rings. The maximum atomic E-state index is 9.83. The van der Waals surface area contributed by atoms with E-state index < -0.39 is 6.10 Å². The van der Waals surface area contributed by atoms with Crippen molar-refractivity contribution in [2.45, 2.75) is 25.6 Å². The van der Waals surface area contributed by atoms with Crippen molar-refractivity contribution in [1.29, 1.82) is 0 Å². The fourth-order valence-corrected chi connectivity index (χ4v) is 1.99. The van der Waals surface area contributed by atoms with Crippen molar-refractivity contribution < 1.29 is 9.84 Å². The minimum absolute atomic E-state index is 0.207. The molecule has 0 spiro atoms. The number of fused-ring (bicyclic) bond motifs is 1. The van der Waals surface area contributed by atoms with Crippen LogP contribution in [0.4, 0.5) is 0 Å². The molecule has 1 aliphatic rings. The van der Waals surface area contributed by atoms with Gasteiger partial charge >= 0.3 is 0 Å². The van der Waals surface area contributed by atoms with Gasteiger partial charge in [-0.05, 0) is 12.5 Å². The first-order valence-electron chi connectivity index (χ1n) is 4.47. The highest BCUT2D eigenvalue weighted by Crippen LogP contribution is 2.45. The van der Waals surface area contributed by atoms with Crippen LogP contribution in [-0.2, 0) is 0 Å². The molecule has 1 N–H and O–H groups in total. The van der Waals surface area contributed by atoms with Gasteiger partial charge in [-0.2, -0.15) is 0 Å². The van der Waals surface area contributed by atoms with E-state index in [0.29, 0.717) is 15.8 Å². The first-order chi connectivity index (χ1) is 6.65. The van der Waals surface area contributed by atoms with Crippen LogP contribution >= 0.6 is 23.2 Å². The van der Waals surface area contributed by atoms with Crippen molar-refractivity contribution in [3.63, 3.8) is 0 Å². The molecule has 0 saturated heterocycles. The molecule has 2 atom stereocenters. The molecule has 4 heteroatoms. The molecule has 0 radical (unpaired) electrons.